The highest BCUT2D eigenvalue weighted by Crippen LogP contribution is 2.49. The second kappa shape index (κ2) is 3.06. The third kappa shape index (κ3) is 1.24. The molecule has 16 heavy (non-hydrogen) atoms. The van der Waals surface area contributed by atoms with E-state index in [2.05, 4.69) is 0 Å². The fourth-order valence-corrected chi connectivity index (χ4v) is 1.58. The molecular weight excluding hydrogens is 208 g/mol. The molecule has 0 bridgehead atoms. The van der Waals surface area contributed by atoms with Gasteiger partial charge in [0.15, 0.2) is 23.0 Å². The topological polar surface area (TPSA) is 58.9 Å². The minimum Gasteiger partial charge on any atom is -0.508 e. The van der Waals surface area contributed by atoms with Gasteiger partial charge < -0.3 is 19.7 Å². The summed E-state index contributed by atoms with van der Waals surface area (Å²) in [4.78, 5) is 0. The van der Waals surface area contributed by atoms with E-state index in [1.54, 1.807) is 18.2 Å². The van der Waals surface area contributed by atoms with Crippen molar-refractivity contribution >= 4 is 0 Å². The van der Waals surface area contributed by atoms with Gasteiger partial charge in [0.25, 0.3) is 0 Å². The van der Waals surface area contributed by atoms with Crippen LogP contribution in [0.3, 0.4) is 0 Å². The smallest absolute Gasteiger partial charge is 0.211 e. The molecule has 4 heteroatoms. The number of phenolic OH excluding ortho intramolecular Hbond substituents is 2. The SMILES string of the molecule is Oc1ccc2c(c1)Oc1cccc(O)c1O2. The fraction of sp³-hybridized carbons (Fsp3) is 0. The van der Waals surface area contributed by atoms with Crippen molar-refractivity contribution in [1.82, 2.24) is 0 Å². The van der Waals surface area contributed by atoms with Gasteiger partial charge >= 0.3 is 0 Å². The van der Waals surface area contributed by atoms with Crippen molar-refractivity contribution in [2.24, 2.45) is 0 Å². The van der Waals surface area contributed by atoms with Crippen LogP contribution in [-0.4, -0.2) is 10.2 Å². The Labute approximate surface area is 91.3 Å². The van der Waals surface area contributed by atoms with E-state index < -0.39 is 0 Å². The second-order valence-corrected chi connectivity index (χ2v) is 3.44. The van der Waals surface area contributed by atoms with Gasteiger partial charge in [-0.15, -0.1) is 0 Å². The predicted molar refractivity (Wildman–Crippen MR) is 56.4 cm³/mol. The maximum Gasteiger partial charge on any atom is 0.211 e. The van der Waals surface area contributed by atoms with E-state index in [0.717, 1.165) is 0 Å². The van der Waals surface area contributed by atoms with Crippen LogP contribution in [0.4, 0.5) is 0 Å². The number of ether oxygens (including phenoxy) is 2. The van der Waals surface area contributed by atoms with Crippen LogP contribution in [0.1, 0.15) is 0 Å². The van der Waals surface area contributed by atoms with Crippen LogP contribution < -0.4 is 9.47 Å². The van der Waals surface area contributed by atoms with Gasteiger partial charge in [-0.1, -0.05) is 6.07 Å². The molecular formula is C12H8O4. The van der Waals surface area contributed by atoms with Crippen LogP contribution in [-0.2, 0) is 0 Å². The first-order valence-electron chi connectivity index (χ1n) is 4.75. The van der Waals surface area contributed by atoms with Crippen LogP contribution in [0.25, 0.3) is 0 Å². The molecule has 0 amide bonds. The first-order valence-corrected chi connectivity index (χ1v) is 4.75. The number of hydrogen-bond donors (Lipinski definition) is 2. The van der Waals surface area contributed by atoms with E-state index in [1.807, 2.05) is 0 Å². The number of rotatable bonds is 0. The number of hydrogen-bond acceptors (Lipinski definition) is 4. The van der Waals surface area contributed by atoms with Gasteiger partial charge in [0, 0.05) is 6.07 Å². The fourth-order valence-electron chi connectivity index (χ4n) is 1.58. The van der Waals surface area contributed by atoms with E-state index >= 15 is 0 Å². The molecule has 2 aromatic rings. The maximum absolute atomic E-state index is 9.58. The summed E-state index contributed by atoms with van der Waals surface area (Å²) in [7, 11) is 0. The third-order valence-corrected chi connectivity index (χ3v) is 2.32. The largest absolute Gasteiger partial charge is 0.508 e. The Morgan fingerprint density at radius 3 is 2.56 bits per heavy atom. The molecule has 4 nitrogen and oxygen atoms in total. The zero-order valence-corrected chi connectivity index (χ0v) is 8.18. The molecule has 0 fully saturated rings. The number of fused-ring (bicyclic) bond motifs is 2. The highest BCUT2D eigenvalue weighted by atomic mass is 16.6. The molecule has 0 unspecified atom stereocenters. The van der Waals surface area contributed by atoms with Gasteiger partial charge in [0.2, 0.25) is 5.75 Å². The quantitative estimate of drug-likeness (QED) is 0.606. The first kappa shape index (κ1) is 8.91. The summed E-state index contributed by atoms with van der Waals surface area (Å²) in [5.74, 6) is 1.74. The maximum atomic E-state index is 9.58. The van der Waals surface area contributed by atoms with Crippen LogP contribution in [0.2, 0.25) is 0 Å². The van der Waals surface area contributed by atoms with Crippen molar-refractivity contribution in [3.8, 4) is 34.5 Å². The molecule has 80 valence electrons. The lowest BCUT2D eigenvalue weighted by molar-refractivity contribution is 0.335. The summed E-state index contributed by atoms with van der Waals surface area (Å²) in [6.45, 7) is 0. The Balaban J connectivity index is 2.13. The Morgan fingerprint density at radius 1 is 0.812 bits per heavy atom. The van der Waals surface area contributed by atoms with Crippen molar-refractivity contribution in [2.45, 2.75) is 0 Å². The van der Waals surface area contributed by atoms with E-state index in [1.165, 1.54) is 18.2 Å². The summed E-state index contributed by atoms with van der Waals surface area (Å²) in [5.41, 5.74) is 0. The van der Waals surface area contributed by atoms with Crippen LogP contribution in [0, 0.1) is 0 Å². The lowest BCUT2D eigenvalue weighted by atomic mass is 10.2. The molecule has 1 aliphatic rings. The van der Waals surface area contributed by atoms with E-state index in [0.29, 0.717) is 23.0 Å². The minimum absolute atomic E-state index is 0.0243. The summed E-state index contributed by atoms with van der Waals surface area (Å²) >= 11 is 0. The first-order chi connectivity index (χ1) is 7.74. The number of phenols is 2. The van der Waals surface area contributed by atoms with Gasteiger partial charge in [-0.25, -0.2) is 0 Å². The van der Waals surface area contributed by atoms with Crippen molar-refractivity contribution in [1.29, 1.82) is 0 Å². The summed E-state index contributed by atoms with van der Waals surface area (Å²) in [6.07, 6.45) is 0. The molecule has 0 radical (unpaired) electrons. The van der Waals surface area contributed by atoms with Crippen LogP contribution in [0.15, 0.2) is 36.4 Å². The highest BCUT2D eigenvalue weighted by Gasteiger charge is 2.21. The Morgan fingerprint density at radius 2 is 1.69 bits per heavy atom. The number of para-hydroxylation sites is 1. The zero-order valence-electron chi connectivity index (χ0n) is 8.18. The average Bonchev–Trinajstić information content (AvgIpc) is 2.27. The molecule has 0 saturated heterocycles. The molecule has 1 heterocycles. The summed E-state index contributed by atoms with van der Waals surface area (Å²) in [5, 5.41) is 18.9. The van der Waals surface area contributed by atoms with Crippen molar-refractivity contribution in [2.75, 3.05) is 0 Å². The summed E-state index contributed by atoms with van der Waals surface area (Å²) < 4.78 is 11.0. The van der Waals surface area contributed by atoms with Crippen molar-refractivity contribution < 1.29 is 19.7 Å². The zero-order chi connectivity index (χ0) is 11.1. The average molecular weight is 216 g/mol. The van der Waals surface area contributed by atoms with Crippen molar-refractivity contribution in [3.63, 3.8) is 0 Å². The lowest BCUT2D eigenvalue weighted by Gasteiger charge is -2.20. The van der Waals surface area contributed by atoms with E-state index in [4.69, 9.17) is 9.47 Å². The molecule has 0 aliphatic carbocycles. The molecule has 1 aliphatic heterocycles. The molecule has 2 aromatic carbocycles. The van der Waals surface area contributed by atoms with Crippen molar-refractivity contribution in [3.05, 3.63) is 36.4 Å². The van der Waals surface area contributed by atoms with Gasteiger partial charge in [0.1, 0.15) is 5.75 Å². The Hall–Kier alpha value is -2.36. The summed E-state index contributed by atoms with van der Waals surface area (Å²) in [6, 6.07) is 9.40. The standard InChI is InChI=1S/C12H8O4/c13-7-4-5-9-11(6-7)15-10-3-1-2-8(14)12(10)16-9/h1-6,13-14H. The highest BCUT2D eigenvalue weighted by molar-refractivity contribution is 5.60. The number of aromatic hydroxyl groups is 2. The van der Waals surface area contributed by atoms with Gasteiger partial charge in [-0.2, -0.15) is 0 Å². The van der Waals surface area contributed by atoms with Crippen LogP contribution >= 0.6 is 0 Å². The van der Waals surface area contributed by atoms with Crippen LogP contribution in [0.5, 0.6) is 34.5 Å². The third-order valence-electron chi connectivity index (χ3n) is 2.32. The predicted octanol–water partition coefficient (Wildman–Crippen LogP) is 3.00. The van der Waals surface area contributed by atoms with E-state index in [-0.39, 0.29) is 11.5 Å². The van der Waals surface area contributed by atoms with Gasteiger partial charge in [-0.3, -0.25) is 0 Å². The van der Waals surface area contributed by atoms with Gasteiger partial charge in [0.05, 0.1) is 0 Å². The van der Waals surface area contributed by atoms with Gasteiger partial charge in [-0.05, 0) is 24.3 Å². The molecule has 0 spiro atoms. The molecule has 0 aromatic heterocycles. The minimum atomic E-state index is 0.0243. The lowest BCUT2D eigenvalue weighted by Crippen LogP contribution is -1.98. The molecule has 2 N–H and O–H groups in total. The molecule has 3 rings (SSSR count). The monoisotopic (exact) mass is 216 g/mol. The Bertz CT molecular complexity index is 563. The van der Waals surface area contributed by atoms with E-state index in [9.17, 15) is 10.2 Å². The normalized spacial score (nSPS) is 12.0. The number of benzene rings is 2. The molecule has 0 atom stereocenters. The molecule has 0 saturated carbocycles. The Kier molecular flexibility index (Phi) is 1.71. The second-order valence-electron chi connectivity index (χ2n) is 3.44.